The summed E-state index contributed by atoms with van der Waals surface area (Å²) in [4.78, 5) is 29.8. The maximum absolute atomic E-state index is 15.9. The van der Waals surface area contributed by atoms with E-state index in [0.29, 0.717) is 48.0 Å². The summed E-state index contributed by atoms with van der Waals surface area (Å²) in [6, 6.07) is 8.12. The zero-order chi connectivity index (χ0) is 26.8. The number of pyridine rings is 2. The van der Waals surface area contributed by atoms with Crippen LogP contribution in [0.5, 0.6) is 5.75 Å². The van der Waals surface area contributed by atoms with Crippen LogP contribution >= 0.6 is 0 Å². The molecule has 2 unspecified atom stereocenters. The van der Waals surface area contributed by atoms with Crippen molar-refractivity contribution in [3.8, 4) is 22.7 Å². The van der Waals surface area contributed by atoms with Crippen molar-refractivity contribution in [3.63, 3.8) is 0 Å². The minimum absolute atomic E-state index is 0.00970. The lowest BCUT2D eigenvalue weighted by molar-refractivity contribution is 0.310. The van der Waals surface area contributed by atoms with E-state index >= 15 is 8.78 Å². The third-order valence-electron chi connectivity index (χ3n) is 8.05. The molecule has 0 aliphatic carbocycles. The van der Waals surface area contributed by atoms with Gasteiger partial charge in [-0.15, -0.1) is 0 Å². The number of anilines is 1. The van der Waals surface area contributed by atoms with Gasteiger partial charge in [-0.25, -0.2) is 23.1 Å². The fraction of sp³-hybridized carbons (Fsp3) is 0.379. The van der Waals surface area contributed by atoms with Crippen LogP contribution in [0.25, 0.3) is 28.0 Å². The Morgan fingerprint density at radius 3 is 2.85 bits per heavy atom. The third-order valence-corrected chi connectivity index (χ3v) is 8.05. The van der Waals surface area contributed by atoms with E-state index in [0.717, 1.165) is 18.5 Å². The van der Waals surface area contributed by atoms with Gasteiger partial charge in [0.25, 0.3) is 0 Å². The highest BCUT2D eigenvalue weighted by molar-refractivity contribution is 5.91. The molecular formula is C29H28F2N6O2. The Kier molecular flexibility index (Phi) is 5.62. The molecule has 2 fully saturated rings. The lowest BCUT2D eigenvalue weighted by Gasteiger charge is -2.45. The van der Waals surface area contributed by atoms with Crippen molar-refractivity contribution >= 4 is 16.9 Å². The van der Waals surface area contributed by atoms with Crippen LogP contribution in [0, 0.1) is 11.6 Å². The van der Waals surface area contributed by atoms with E-state index in [4.69, 9.17) is 9.72 Å². The Morgan fingerprint density at radius 2 is 2.03 bits per heavy atom. The summed E-state index contributed by atoms with van der Waals surface area (Å²) in [7, 11) is 0. The van der Waals surface area contributed by atoms with Gasteiger partial charge in [0.2, 0.25) is 0 Å². The van der Waals surface area contributed by atoms with E-state index < -0.39 is 17.3 Å². The average molecular weight is 531 g/mol. The Hall–Kier alpha value is -3.92. The fourth-order valence-electron chi connectivity index (χ4n) is 6.16. The summed E-state index contributed by atoms with van der Waals surface area (Å²) in [6.45, 7) is 5.84. The first kappa shape index (κ1) is 24.1. The minimum atomic E-state index is -0.708. The van der Waals surface area contributed by atoms with Crippen LogP contribution in [-0.2, 0) is 6.42 Å². The Labute approximate surface area is 223 Å². The van der Waals surface area contributed by atoms with Crippen LogP contribution in [-0.4, -0.2) is 51.3 Å². The number of ether oxygens (including phenoxy) is 1. The standard InChI is InChI=1S/C29H28F2N6O2/c1-15(2)24-26-16(8-10-33-24)5-4-12-39-22-7-3-6-18(30)23(22)25-19(31)13-17-27(35-29(38)37(26)28(17)34-25)36-14-20-21(36)9-11-32-20/h3,6-8,10,13,15,20-21,32H,4-5,9,11-12,14H2,1-2H3. The molecule has 3 aliphatic rings. The SMILES string of the molecule is CC(C)c1nccc2c1-n1c(=O)nc(N3CC4NCCC43)c3cc(F)c(nc31)-c1c(F)cccc1OCCC2. The number of hydrogen-bond acceptors (Lipinski definition) is 7. The monoisotopic (exact) mass is 530 g/mol. The van der Waals surface area contributed by atoms with E-state index in [2.05, 4.69) is 15.3 Å². The summed E-state index contributed by atoms with van der Waals surface area (Å²) in [5.41, 5.74) is 1.65. The van der Waals surface area contributed by atoms with Crippen LogP contribution in [0.3, 0.4) is 0 Å². The molecule has 7 rings (SSSR count). The topological polar surface area (TPSA) is 85.2 Å². The van der Waals surface area contributed by atoms with Crippen molar-refractivity contribution in [3.05, 3.63) is 69.9 Å². The van der Waals surface area contributed by atoms with E-state index in [1.54, 1.807) is 12.3 Å². The zero-order valence-electron chi connectivity index (χ0n) is 21.7. The molecule has 1 aromatic carbocycles. The normalized spacial score (nSPS) is 20.1. The molecule has 10 heteroatoms. The number of halogens is 2. The summed E-state index contributed by atoms with van der Waals surface area (Å²) in [5.74, 6) is -0.747. The first-order valence-electron chi connectivity index (χ1n) is 13.5. The molecule has 0 saturated carbocycles. The van der Waals surface area contributed by atoms with Crippen molar-refractivity contribution in [1.82, 2.24) is 24.8 Å². The molecule has 8 nitrogen and oxygen atoms in total. The smallest absolute Gasteiger partial charge is 0.355 e. The average Bonchev–Trinajstić information content (AvgIpc) is 3.26. The van der Waals surface area contributed by atoms with Gasteiger partial charge in [0, 0.05) is 24.8 Å². The number of benzene rings is 1. The summed E-state index contributed by atoms with van der Waals surface area (Å²) in [5, 5.41) is 3.86. The fourth-order valence-corrected chi connectivity index (χ4v) is 6.16. The van der Waals surface area contributed by atoms with Gasteiger partial charge >= 0.3 is 5.69 Å². The predicted molar refractivity (Wildman–Crippen MR) is 144 cm³/mol. The number of aryl methyl sites for hydroxylation is 1. The summed E-state index contributed by atoms with van der Waals surface area (Å²) >= 11 is 0. The minimum Gasteiger partial charge on any atom is -0.493 e. The quantitative estimate of drug-likeness (QED) is 0.417. The van der Waals surface area contributed by atoms with Gasteiger partial charge in [-0.05, 0) is 61.6 Å². The van der Waals surface area contributed by atoms with Crippen molar-refractivity contribution in [2.75, 3.05) is 24.6 Å². The molecule has 0 spiro atoms. The zero-order valence-corrected chi connectivity index (χ0v) is 21.7. The van der Waals surface area contributed by atoms with E-state index in [-0.39, 0.29) is 41.2 Å². The second-order valence-corrected chi connectivity index (χ2v) is 10.7. The lowest BCUT2D eigenvalue weighted by atomic mass is 9.97. The number of hydrogen-bond donors (Lipinski definition) is 1. The Balaban J connectivity index is 1.60. The van der Waals surface area contributed by atoms with Gasteiger partial charge in [-0.3, -0.25) is 4.98 Å². The van der Waals surface area contributed by atoms with Crippen LogP contribution in [0.1, 0.15) is 43.9 Å². The van der Waals surface area contributed by atoms with Crippen LogP contribution < -0.4 is 20.6 Å². The summed E-state index contributed by atoms with van der Waals surface area (Å²) < 4.78 is 38.6. The maximum atomic E-state index is 15.9. The second kappa shape index (κ2) is 9.08. The predicted octanol–water partition coefficient (Wildman–Crippen LogP) is 4.12. The molecule has 4 aromatic rings. The molecule has 39 heavy (non-hydrogen) atoms. The van der Waals surface area contributed by atoms with Crippen LogP contribution in [0.4, 0.5) is 14.6 Å². The molecular weight excluding hydrogens is 502 g/mol. The molecule has 6 heterocycles. The van der Waals surface area contributed by atoms with Gasteiger partial charge < -0.3 is 15.0 Å². The number of nitrogens with zero attached hydrogens (tertiary/aromatic N) is 5. The van der Waals surface area contributed by atoms with Gasteiger partial charge in [0.15, 0.2) is 11.5 Å². The Morgan fingerprint density at radius 1 is 1.15 bits per heavy atom. The van der Waals surface area contributed by atoms with Crippen molar-refractivity contribution in [2.24, 2.45) is 0 Å². The molecule has 2 saturated heterocycles. The Bertz CT molecular complexity index is 1690. The first-order valence-corrected chi connectivity index (χ1v) is 13.5. The van der Waals surface area contributed by atoms with Crippen molar-refractivity contribution < 1.29 is 13.5 Å². The molecule has 0 amide bonds. The van der Waals surface area contributed by atoms with Gasteiger partial charge in [-0.2, -0.15) is 4.98 Å². The largest absolute Gasteiger partial charge is 0.493 e. The van der Waals surface area contributed by atoms with Crippen molar-refractivity contribution in [2.45, 2.75) is 51.1 Å². The highest BCUT2D eigenvalue weighted by Crippen LogP contribution is 2.39. The molecule has 1 N–H and O–H groups in total. The summed E-state index contributed by atoms with van der Waals surface area (Å²) in [6.07, 6.45) is 3.84. The number of aromatic nitrogens is 4. The van der Waals surface area contributed by atoms with Gasteiger partial charge in [0.05, 0.1) is 28.9 Å². The molecule has 3 aromatic heterocycles. The van der Waals surface area contributed by atoms with E-state index in [1.807, 2.05) is 24.8 Å². The second-order valence-electron chi connectivity index (χ2n) is 10.7. The lowest BCUT2D eigenvalue weighted by Crippen LogP contribution is -2.61. The number of rotatable bonds is 2. The third kappa shape index (κ3) is 3.72. The number of fused-ring (bicyclic) bond motifs is 6. The first-order chi connectivity index (χ1) is 18.9. The molecule has 2 atom stereocenters. The van der Waals surface area contributed by atoms with E-state index in [9.17, 15) is 4.79 Å². The molecule has 200 valence electrons. The molecule has 3 aliphatic heterocycles. The molecule has 0 radical (unpaired) electrons. The van der Waals surface area contributed by atoms with Crippen LogP contribution in [0.15, 0.2) is 41.3 Å². The van der Waals surface area contributed by atoms with Gasteiger partial charge in [0.1, 0.15) is 23.1 Å². The van der Waals surface area contributed by atoms with E-state index in [1.165, 1.54) is 22.8 Å². The van der Waals surface area contributed by atoms with Crippen LogP contribution in [0.2, 0.25) is 0 Å². The number of nitrogens with one attached hydrogen (secondary N) is 1. The van der Waals surface area contributed by atoms with Gasteiger partial charge in [-0.1, -0.05) is 19.9 Å². The van der Waals surface area contributed by atoms with Crippen molar-refractivity contribution in [1.29, 1.82) is 0 Å². The molecule has 2 bridgehead atoms. The maximum Gasteiger partial charge on any atom is 0.355 e. The highest BCUT2D eigenvalue weighted by Gasteiger charge is 2.44. The highest BCUT2D eigenvalue weighted by atomic mass is 19.1.